The summed E-state index contributed by atoms with van der Waals surface area (Å²) in [6, 6.07) is 16.2. The number of amides is 2. The Kier molecular flexibility index (Phi) is 7.30. The van der Waals surface area contributed by atoms with E-state index in [-0.39, 0.29) is 30.4 Å². The maximum atomic E-state index is 12.3. The fourth-order valence-electron chi connectivity index (χ4n) is 4.74. The Labute approximate surface area is 199 Å². The number of hydrogen-bond acceptors (Lipinski definition) is 4. The molecule has 3 N–H and O–H groups in total. The van der Waals surface area contributed by atoms with Gasteiger partial charge in [-0.1, -0.05) is 67.6 Å². The van der Waals surface area contributed by atoms with E-state index in [1.807, 2.05) is 31.2 Å². The third-order valence-corrected chi connectivity index (χ3v) is 6.53. The number of carboxylic acid groups (broad SMARTS) is 1. The molecular weight excluding hydrogens is 432 g/mol. The molecule has 178 valence electrons. The molecule has 7 heteroatoms. The SMILES string of the molecule is CC(CCNC(=O)OCC1c2ccccc2-c2ccccc21)CC(=O)NC1C=CC(C(=O)O)C1. The third-order valence-electron chi connectivity index (χ3n) is 6.53. The lowest BCUT2D eigenvalue weighted by molar-refractivity contribution is -0.140. The number of carbonyl (C=O) groups excluding carboxylic acids is 2. The van der Waals surface area contributed by atoms with E-state index in [0.29, 0.717) is 25.8 Å². The predicted octanol–water partition coefficient (Wildman–Crippen LogP) is 4.09. The fraction of sp³-hybridized carbons (Fsp3) is 0.370. The minimum atomic E-state index is -0.874. The minimum Gasteiger partial charge on any atom is -0.481 e. The lowest BCUT2D eigenvalue weighted by Gasteiger charge is -2.16. The molecule has 0 saturated heterocycles. The molecule has 2 aromatic rings. The number of alkyl carbamates (subject to hydrolysis) is 1. The molecule has 7 nitrogen and oxygen atoms in total. The van der Waals surface area contributed by atoms with Crippen LogP contribution >= 0.6 is 0 Å². The van der Waals surface area contributed by atoms with E-state index >= 15 is 0 Å². The molecule has 0 radical (unpaired) electrons. The fourth-order valence-corrected chi connectivity index (χ4v) is 4.74. The van der Waals surface area contributed by atoms with Crippen LogP contribution < -0.4 is 10.6 Å². The van der Waals surface area contributed by atoms with Gasteiger partial charge in [-0.2, -0.15) is 0 Å². The number of hydrogen-bond donors (Lipinski definition) is 3. The zero-order chi connectivity index (χ0) is 24.1. The molecule has 4 rings (SSSR count). The average Bonchev–Trinajstić information content (AvgIpc) is 3.40. The van der Waals surface area contributed by atoms with E-state index in [0.717, 1.165) is 0 Å². The Morgan fingerprint density at radius 2 is 1.68 bits per heavy atom. The summed E-state index contributed by atoms with van der Waals surface area (Å²) >= 11 is 0. The third kappa shape index (κ3) is 5.47. The Morgan fingerprint density at radius 3 is 2.29 bits per heavy atom. The largest absolute Gasteiger partial charge is 0.481 e. The van der Waals surface area contributed by atoms with Gasteiger partial charge in [0.25, 0.3) is 0 Å². The summed E-state index contributed by atoms with van der Waals surface area (Å²) in [6.07, 6.45) is 4.23. The van der Waals surface area contributed by atoms with Crippen LogP contribution in [0.15, 0.2) is 60.7 Å². The maximum Gasteiger partial charge on any atom is 0.407 e. The smallest absolute Gasteiger partial charge is 0.407 e. The van der Waals surface area contributed by atoms with E-state index < -0.39 is 18.0 Å². The topological polar surface area (TPSA) is 105 Å². The van der Waals surface area contributed by atoms with Gasteiger partial charge in [0.1, 0.15) is 6.61 Å². The van der Waals surface area contributed by atoms with Gasteiger partial charge in [0, 0.05) is 24.9 Å². The van der Waals surface area contributed by atoms with Crippen molar-refractivity contribution < 1.29 is 24.2 Å². The number of fused-ring (bicyclic) bond motifs is 3. The maximum absolute atomic E-state index is 12.3. The molecule has 0 saturated carbocycles. The molecule has 3 atom stereocenters. The lowest BCUT2D eigenvalue weighted by atomic mass is 9.98. The van der Waals surface area contributed by atoms with Crippen LogP contribution in [0.4, 0.5) is 4.79 Å². The highest BCUT2D eigenvalue weighted by atomic mass is 16.5. The number of aliphatic carboxylic acids is 1. The Hall–Kier alpha value is -3.61. The summed E-state index contributed by atoms with van der Waals surface area (Å²) in [7, 11) is 0. The highest BCUT2D eigenvalue weighted by molar-refractivity contribution is 5.79. The summed E-state index contributed by atoms with van der Waals surface area (Å²) in [5.74, 6) is -1.44. The van der Waals surface area contributed by atoms with Gasteiger partial charge in [-0.15, -0.1) is 0 Å². The highest BCUT2D eigenvalue weighted by Gasteiger charge is 2.29. The standard InChI is InChI=1S/C27H30N2O5/c1-17(14-25(30)29-19-11-10-18(15-19)26(31)32)12-13-28-27(33)34-16-24-22-8-4-2-6-20(22)21-7-3-5-9-23(21)24/h2-11,17-19,24H,12-16H2,1H3,(H,28,33)(H,29,30)(H,31,32). The molecule has 3 unspecified atom stereocenters. The van der Waals surface area contributed by atoms with Gasteiger partial charge < -0.3 is 20.5 Å². The number of nitrogens with one attached hydrogen (secondary N) is 2. The van der Waals surface area contributed by atoms with Gasteiger partial charge >= 0.3 is 12.1 Å². The molecule has 0 heterocycles. The van der Waals surface area contributed by atoms with E-state index in [4.69, 9.17) is 9.84 Å². The van der Waals surface area contributed by atoms with Crippen molar-refractivity contribution in [2.24, 2.45) is 11.8 Å². The van der Waals surface area contributed by atoms with Crippen molar-refractivity contribution in [2.45, 2.75) is 38.1 Å². The number of carboxylic acids is 1. The molecule has 2 aliphatic carbocycles. The number of ether oxygens (including phenoxy) is 1. The number of rotatable bonds is 9. The molecule has 2 amide bonds. The van der Waals surface area contributed by atoms with Crippen molar-refractivity contribution in [1.29, 1.82) is 0 Å². The number of carbonyl (C=O) groups is 3. The van der Waals surface area contributed by atoms with E-state index in [2.05, 4.69) is 34.9 Å². The first-order chi connectivity index (χ1) is 16.4. The Bertz CT molecular complexity index is 1050. The lowest BCUT2D eigenvalue weighted by Crippen LogP contribution is -2.34. The van der Waals surface area contributed by atoms with Crippen LogP contribution in [0, 0.1) is 11.8 Å². The van der Waals surface area contributed by atoms with E-state index in [1.165, 1.54) is 22.3 Å². The van der Waals surface area contributed by atoms with Crippen LogP contribution in [0.25, 0.3) is 11.1 Å². The molecule has 34 heavy (non-hydrogen) atoms. The van der Waals surface area contributed by atoms with Crippen molar-refractivity contribution in [1.82, 2.24) is 10.6 Å². The summed E-state index contributed by atoms with van der Waals surface area (Å²) in [6.45, 7) is 2.63. The van der Waals surface area contributed by atoms with Crippen molar-refractivity contribution in [2.75, 3.05) is 13.2 Å². The first-order valence-corrected chi connectivity index (χ1v) is 11.7. The normalized spacial score (nSPS) is 19.2. The second kappa shape index (κ2) is 10.5. The van der Waals surface area contributed by atoms with Crippen molar-refractivity contribution in [3.05, 3.63) is 71.8 Å². The molecular formula is C27H30N2O5. The van der Waals surface area contributed by atoms with Gasteiger partial charge in [0.15, 0.2) is 0 Å². The quantitative estimate of drug-likeness (QED) is 0.487. The molecule has 0 fully saturated rings. The molecule has 0 bridgehead atoms. The molecule has 2 aliphatic rings. The summed E-state index contributed by atoms with van der Waals surface area (Å²) in [5, 5.41) is 14.7. The first kappa shape index (κ1) is 23.5. The van der Waals surface area contributed by atoms with Gasteiger partial charge in [0.2, 0.25) is 5.91 Å². The summed E-state index contributed by atoms with van der Waals surface area (Å²) < 4.78 is 5.54. The Balaban J connectivity index is 1.17. The van der Waals surface area contributed by atoms with Crippen LogP contribution in [0.3, 0.4) is 0 Å². The van der Waals surface area contributed by atoms with Gasteiger partial charge in [0.05, 0.1) is 5.92 Å². The molecule has 0 aliphatic heterocycles. The van der Waals surface area contributed by atoms with Crippen LogP contribution in [-0.4, -0.2) is 42.3 Å². The van der Waals surface area contributed by atoms with Crippen molar-refractivity contribution in [3.8, 4) is 11.1 Å². The van der Waals surface area contributed by atoms with E-state index in [1.54, 1.807) is 12.2 Å². The molecule has 2 aromatic carbocycles. The first-order valence-electron chi connectivity index (χ1n) is 11.7. The van der Waals surface area contributed by atoms with Crippen molar-refractivity contribution in [3.63, 3.8) is 0 Å². The summed E-state index contributed by atoms with van der Waals surface area (Å²) in [4.78, 5) is 35.5. The van der Waals surface area contributed by atoms with E-state index in [9.17, 15) is 14.4 Å². The van der Waals surface area contributed by atoms with Gasteiger partial charge in [-0.3, -0.25) is 9.59 Å². The Morgan fingerprint density at radius 1 is 1.03 bits per heavy atom. The van der Waals surface area contributed by atoms with Crippen molar-refractivity contribution >= 4 is 18.0 Å². The second-order valence-corrected chi connectivity index (χ2v) is 9.09. The highest BCUT2D eigenvalue weighted by Crippen LogP contribution is 2.44. The average molecular weight is 463 g/mol. The molecule has 0 spiro atoms. The molecule has 0 aromatic heterocycles. The van der Waals surface area contributed by atoms with Crippen LogP contribution in [0.2, 0.25) is 0 Å². The van der Waals surface area contributed by atoms with Crippen LogP contribution in [0.1, 0.15) is 43.2 Å². The van der Waals surface area contributed by atoms with Gasteiger partial charge in [-0.25, -0.2) is 4.79 Å². The zero-order valence-corrected chi connectivity index (χ0v) is 19.2. The van der Waals surface area contributed by atoms with Crippen LogP contribution in [0.5, 0.6) is 0 Å². The monoisotopic (exact) mass is 462 g/mol. The predicted molar refractivity (Wildman–Crippen MR) is 128 cm³/mol. The number of benzene rings is 2. The van der Waals surface area contributed by atoms with Gasteiger partial charge in [-0.05, 0) is 41.0 Å². The second-order valence-electron chi connectivity index (χ2n) is 9.09. The summed E-state index contributed by atoms with van der Waals surface area (Å²) in [5.41, 5.74) is 4.71. The van der Waals surface area contributed by atoms with Crippen LogP contribution in [-0.2, 0) is 14.3 Å². The zero-order valence-electron chi connectivity index (χ0n) is 19.2. The minimum absolute atomic E-state index is 0.0196.